The van der Waals surface area contributed by atoms with Crippen molar-refractivity contribution < 1.29 is 14.3 Å². The Morgan fingerprint density at radius 3 is 2.56 bits per heavy atom. The molecule has 0 aliphatic carbocycles. The molecule has 0 saturated carbocycles. The van der Waals surface area contributed by atoms with Crippen molar-refractivity contribution >= 4 is 11.8 Å². The summed E-state index contributed by atoms with van der Waals surface area (Å²) in [6, 6.07) is 7.75. The van der Waals surface area contributed by atoms with Gasteiger partial charge < -0.3 is 14.5 Å². The van der Waals surface area contributed by atoms with Gasteiger partial charge in [-0.15, -0.1) is 0 Å². The largest absolute Gasteiger partial charge is 0.375 e. The number of rotatable bonds is 2. The van der Waals surface area contributed by atoms with Gasteiger partial charge in [0, 0.05) is 25.2 Å². The molecule has 5 heteroatoms. The number of likely N-dealkylation sites (tertiary alicyclic amines) is 1. The fraction of sp³-hybridized carbons (Fsp3) is 0.600. The minimum atomic E-state index is -0.101. The van der Waals surface area contributed by atoms with Gasteiger partial charge in [-0.2, -0.15) is 0 Å². The van der Waals surface area contributed by atoms with Crippen LogP contribution in [0.4, 0.5) is 0 Å². The molecule has 3 atom stereocenters. The zero-order valence-electron chi connectivity index (χ0n) is 15.4. The molecule has 1 aromatic carbocycles. The average molecular weight is 344 g/mol. The molecule has 0 radical (unpaired) electrons. The lowest BCUT2D eigenvalue weighted by molar-refractivity contribution is -0.149. The van der Waals surface area contributed by atoms with Gasteiger partial charge in [-0.1, -0.05) is 17.7 Å². The number of nitrogens with zero attached hydrogens (tertiary/aromatic N) is 2. The summed E-state index contributed by atoms with van der Waals surface area (Å²) >= 11 is 0. The summed E-state index contributed by atoms with van der Waals surface area (Å²) in [5.41, 5.74) is 1.84. The van der Waals surface area contributed by atoms with Crippen LogP contribution in [0.5, 0.6) is 0 Å². The van der Waals surface area contributed by atoms with Crippen molar-refractivity contribution in [1.82, 2.24) is 9.80 Å². The van der Waals surface area contributed by atoms with E-state index in [9.17, 15) is 9.59 Å². The molecule has 2 heterocycles. The van der Waals surface area contributed by atoms with Crippen LogP contribution in [0.25, 0.3) is 0 Å². The molecule has 2 fully saturated rings. The molecule has 0 spiro atoms. The number of aryl methyl sites for hydroxylation is 1. The third-order valence-corrected chi connectivity index (χ3v) is 5.25. The Labute approximate surface area is 149 Å². The van der Waals surface area contributed by atoms with E-state index in [-0.39, 0.29) is 29.9 Å². The van der Waals surface area contributed by atoms with Crippen molar-refractivity contribution in [3.63, 3.8) is 0 Å². The number of amides is 2. The first-order valence-corrected chi connectivity index (χ1v) is 9.23. The molecule has 1 aromatic rings. The Morgan fingerprint density at radius 1 is 1.12 bits per heavy atom. The first kappa shape index (κ1) is 17.9. The van der Waals surface area contributed by atoms with Crippen LogP contribution < -0.4 is 0 Å². The summed E-state index contributed by atoms with van der Waals surface area (Å²) in [7, 11) is 0. The first-order valence-electron chi connectivity index (χ1n) is 9.23. The Hall–Kier alpha value is -1.88. The summed E-state index contributed by atoms with van der Waals surface area (Å²) in [4.78, 5) is 29.5. The molecule has 3 rings (SSSR count). The van der Waals surface area contributed by atoms with Crippen molar-refractivity contribution in [2.45, 2.75) is 45.8 Å². The minimum absolute atomic E-state index is 0.0286. The Balaban J connectivity index is 1.67. The van der Waals surface area contributed by atoms with Crippen molar-refractivity contribution in [1.29, 1.82) is 0 Å². The molecule has 2 saturated heterocycles. The van der Waals surface area contributed by atoms with Crippen LogP contribution in [0.3, 0.4) is 0 Å². The number of carbonyl (C=O) groups is 2. The van der Waals surface area contributed by atoms with Gasteiger partial charge in [-0.25, -0.2) is 0 Å². The number of piperidine rings is 1. The topological polar surface area (TPSA) is 49.9 Å². The number of morpholine rings is 1. The average Bonchev–Trinajstić information content (AvgIpc) is 2.63. The quantitative estimate of drug-likeness (QED) is 0.828. The normalized spacial score (nSPS) is 27.2. The van der Waals surface area contributed by atoms with Gasteiger partial charge in [-0.3, -0.25) is 9.59 Å². The summed E-state index contributed by atoms with van der Waals surface area (Å²) < 4.78 is 5.63. The van der Waals surface area contributed by atoms with Gasteiger partial charge in [-0.05, 0) is 45.7 Å². The van der Waals surface area contributed by atoms with Gasteiger partial charge >= 0.3 is 0 Å². The molecule has 136 valence electrons. The number of hydrogen-bond donors (Lipinski definition) is 0. The highest BCUT2D eigenvalue weighted by Crippen LogP contribution is 2.23. The number of carbonyl (C=O) groups excluding carboxylic acids is 2. The second-order valence-corrected chi connectivity index (χ2v) is 7.44. The van der Waals surface area contributed by atoms with Gasteiger partial charge in [0.1, 0.15) is 0 Å². The molecule has 5 nitrogen and oxygen atoms in total. The Kier molecular flexibility index (Phi) is 5.42. The van der Waals surface area contributed by atoms with Gasteiger partial charge in [0.2, 0.25) is 5.91 Å². The maximum Gasteiger partial charge on any atom is 0.253 e. The highest BCUT2D eigenvalue weighted by Gasteiger charge is 2.35. The van der Waals surface area contributed by atoms with E-state index in [0.717, 1.165) is 24.9 Å². The van der Waals surface area contributed by atoms with E-state index in [1.54, 1.807) is 0 Å². The van der Waals surface area contributed by atoms with Crippen LogP contribution >= 0.6 is 0 Å². The van der Waals surface area contributed by atoms with Crippen LogP contribution in [0.2, 0.25) is 0 Å². The number of benzene rings is 1. The maximum atomic E-state index is 13.0. The van der Waals surface area contributed by atoms with Crippen LogP contribution in [-0.4, -0.2) is 60.0 Å². The molecule has 2 aliphatic heterocycles. The maximum absolute atomic E-state index is 13.0. The summed E-state index contributed by atoms with van der Waals surface area (Å²) in [6.45, 7) is 8.51. The first-order chi connectivity index (χ1) is 12.0. The standard InChI is InChI=1S/C20H28N2O3/c1-14-6-8-17(9-7-14)19(23)21-10-4-5-18(12-21)20(24)22-11-16(3)25-13-15(22)2/h6-9,15-16,18H,4-5,10-13H2,1-3H3/t15-,16+,18-/m0/s1. The molecule has 0 bridgehead atoms. The van der Waals surface area contributed by atoms with E-state index in [0.29, 0.717) is 25.3 Å². The monoisotopic (exact) mass is 344 g/mol. The molecular formula is C20H28N2O3. The van der Waals surface area contributed by atoms with Crippen LogP contribution in [-0.2, 0) is 9.53 Å². The summed E-state index contributed by atoms with van der Waals surface area (Å²) in [5, 5.41) is 0. The fourth-order valence-electron chi connectivity index (χ4n) is 3.69. The third kappa shape index (κ3) is 4.03. The van der Waals surface area contributed by atoms with Gasteiger partial charge in [0.15, 0.2) is 0 Å². The minimum Gasteiger partial charge on any atom is -0.375 e. The third-order valence-electron chi connectivity index (χ3n) is 5.25. The van der Waals surface area contributed by atoms with E-state index in [4.69, 9.17) is 4.74 Å². The highest BCUT2D eigenvalue weighted by molar-refractivity contribution is 5.94. The van der Waals surface area contributed by atoms with Crippen LogP contribution in [0, 0.1) is 12.8 Å². The molecule has 2 aliphatic rings. The second-order valence-electron chi connectivity index (χ2n) is 7.44. The molecular weight excluding hydrogens is 316 g/mol. The highest BCUT2D eigenvalue weighted by atomic mass is 16.5. The smallest absolute Gasteiger partial charge is 0.253 e. The molecule has 25 heavy (non-hydrogen) atoms. The van der Waals surface area contributed by atoms with Crippen molar-refractivity contribution in [2.75, 3.05) is 26.2 Å². The lowest BCUT2D eigenvalue weighted by Gasteiger charge is -2.41. The Morgan fingerprint density at radius 2 is 1.84 bits per heavy atom. The zero-order valence-corrected chi connectivity index (χ0v) is 15.4. The SMILES string of the molecule is Cc1ccc(C(=O)N2CCC[C@H](C(=O)N3C[C@@H](C)OC[C@@H]3C)C2)cc1. The lowest BCUT2D eigenvalue weighted by Crippen LogP contribution is -2.54. The molecule has 0 unspecified atom stereocenters. The zero-order chi connectivity index (χ0) is 18.0. The molecule has 0 N–H and O–H groups in total. The van der Waals surface area contributed by atoms with E-state index in [1.165, 1.54) is 0 Å². The number of ether oxygens (including phenoxy) is 1. The van der Waals surface area contributed by atoms with E-state index in [1.807, 2.05) is 54.8 Å². The van der Waals surface area contributed by atoms with Crippen LogP contribution in [0.1, 0.15) is 42.6 Å². The fourth-order valence-corrected chi connectivity index (χ4v) is 3.69. The molecule has 2 amide bonds. The van der Waals surface area contributed by atoms with E-state index >= 15 is 0 Å². The van der Waals surface area contributed by atoms with E-state index < -0.39 is 0 Å². The summed E-state index contributed by atoms with van der Waals surface area (Å²) in [6.07, 6.45) is 1.81. The van der Waals surface area contributed by atoms with Gasteiger partial charge in [0.25, 0.3) is 5.91 Å². The predicted molar refractivity (Wildman–Crippen MR) is 96.4 cm³/mol. The van der Waals surface area contributed by atoms with Crippen molar-refractivity contribution in [3.8, 4) is 0 Å². The van der Waals surface area contributed by atoms with Crippen molar-refractivity contribution in [3.05, 3.63) is 35.4 Å². The lowest BCUT2D eigenvalue weighted by atomic mass is 9.94. The summed E-state index contributed by atoms with van der Waals surface area (Å²) in [5.74, 6) is 0.0980. The van der Waals surface area contributed by atoms with Crippen molar-refractivity contribution in [2.24, 2.45) is 5.92 Å². The predicted octanol–water partition coefficient (Wildman–Crippen LogP) is 2.48. The second kappa shape index (κ2) is 7.56. The van der Waals surface area contributed by atoms with Crippen LogP contribution in [0.15, 0.2) is 24.3 Å². The number of hydrogen-bond acceptors (Lipinski definition) is 3. The Bertz CT molecular complexity index is 628. The molecule has 0 aromatic heterocycles. The van der Waals surface area contributed by atoms with Gasteiger partial charge in [0.05, 0.1) is 24.7 Å². The van der Waals surface area contributed by atoms with E-state index in [2.05, 4.69) is 0 Å².